The number of hydrogen-bond donors (Lipinski definition) is 1. The van der Waals surface area contributed by atoms with Crippen LogP contribution < -0.4 is 5.73 Å². The van der Waals surface area contributed by atoms with Crippen LogP contribution in [0.4, 0.5) is 8.78 Å². The molecule has 0 unspecified atom stereocenters. The van der Waals surface area contributed by atoms with Gasteiger partial charge in [0.1, 0.15) is 6.04 Å². The van der Waals surface area contributed by atoms with E-state index in [0.717, 1.165) is 12.0 Å². The van der Waals surface area contributed by atoms with Crippen molar-refractivity contribution < 1.29 is 18.3 Å². The molecule has 1 atom stereocenters. The molecule has 108 valence electrons. The van der Waals surface area contributed by atoms with E-state index in [1.165, 1.54) is 19.1 Å². The van der Waals surface area contributed by atoms with Crippen molar-refractivity contribution in [3.8, 4) is 0 Å². The van der Waals surface area contributed by atoms with Gasteiger partial charge in [-0.15, -0.1) is 12.4 Å². The Morgan fingerprint density at radius 3 is 2.26 bits per heavy atom. The van der Waals surface area contributed by atoms with Crippen molar-refractivity contribution in [2.24, 2.45) is 5.73 Å². The van der Waals surface area contributed by atoms with Crippen LogP contribution in [0.15, 0.2) is 24.3 Å². The molecule has 3 nitrogen and oxygen atoms in total. The number of hydrogen-bond acceptors (Lipinski definition) is 3. The number of halogens is 3. The molecule has 0 heterocycles. The molecule has 0 aliphatic rings. The summed E-state index contributed by atoms with van der Waals surface area (Å²) in [6.07, 6.45) is 0.809. The Kier molecular flexibility index (Phi) is 6.94. The quantitative estimate of drug-likeness (QED) is 0.849. The molecule has 1 aromatic rings. The summed E-state index contributed by atoms with van der Waals surface area (Å²) in [6, 6.07) is 4.77. The van der Waals surface area contributed by atoms with Gasteiger partial charge in [-0.2, -0.15) is 8.78 Å². The van der Waals surface area contributed by atoms with Crippen LogP contribution in [0.1, 0.15) is 31.0 Å². The first kappa shape index (κ1) is 17.8. The SMILES string of the molecule is CCOC(=O)C(F)(F)[C@H](N)c1ccc(CC)cc1.Cl. The summed E-state index contributed by atoms with van der Waals surface area (Å²) < 4.78 is 31.7. The van der Waals surface area contributed by atoms with Crippen LogP contribution in [-0.4, -0.2) is 18.5 Å². The number of ether oxygens (including phenoxy) is 1. The zero-order valence-corrected chi connectivity index (χ0v) is 11.7. The average Bonchev–Trinajstić information content (AvgIpc) is 2.38. The first-order valence-corrected chi connectivity index (χ1v) is 5.82. The second-order valence-electron chi connectivity index (χ2n) is 3.92. The second kappa shape index (κ2) is 7.40. The second-order valence-corrected chi connectivity index (χ2v) is 3.92. The van der Waals surface area contributed by atoms with Crippen LogP contribution in [0.25, 0.3) is 0 Å². The number of rotatable bonds is 5. The molecule has 1 aromatic carbocycles. The number of benzene rings is 1. The molecule has 0 radical (unpaired) electrons. The number of carbonyl (C=O) groups is 1. The zero-order valence-electron chi connectivity index (χ0n) is 10.9. The molecule has 2 N–H and O–H groups in total. The highest BCUT2D eigenvalue weighted by atomic mass is 35.5. The molecule has 0 saturated heterocycles. The fourth-order valence-corrected chi connectivity index (χ4v) is 1.52. The van der Waals surface area contributed by atoms with E-state index in [-0.39, 0.29) is 24.6 Å². The maximum atomic E-state index is 13.7. The molecule has 0 bridgehead atoms. The number of alkyl halides is 2. The highest BCUT2D eigenvalue weighted by molar-refractivity contribution is 5.85. The Morgan fingerprint density at radius 2 is 1.84 bits per heavy atom. The van der Waals surface area contributed by atoms with Crippen molar-refractivity contribution >= 4 is 18.4 Å². The van der Waals surface area contributed by atoms with Crippen LogP contribution in [-0.2, 0) is 16.0 Å². The number of nitrogens with two attached hydrogens (primary N) is 1. The summed E-state index contributed by atoms with van der Waals surface area (Å²) in [5.41, 5.74) is 6.68. The van der Waals surface area contributed by atoms with Gasteiger partial charge in [0.05, 0.1) is 6.61 Å². The Hall–Kier alpha value is -1.20. The summed E-state index contributed by atoms with van der Waals surface area (Å²) in [5, 5.41) is 0. The molecule has 0 spiro atoms. The maximum absolute atomic E-state index is 13.7. The van der Waals surface area contributed by atoms with Crippen LogP contribution >= 0.6 is 12.4 Å². The van der Waals surface area contributed by atoms with E-state index in [2.05, 4.69) is 4.74 Å². The largest absolute Gasteiger partial charge is 0.462 e. The molecule has 0 aliphatic carbocycles. The smallest absolute Gasteiger partial charge is 0.379 e. The third kappa shape index (κ3) is 4.14. The number of esters is 1. The Labute approximate surface area is 117 Å². The van der Waals surface area contributed by atoms with Gasteiger partial charge >= 0.3 is 11.9 Å². The molecule has 0 amide bonds. The van der Waals surface area contributed by atoms with Gasteiger partial charge in [0.25, 0.3) is 0 Å². The Morgan fingerprint density at radius 1 is 1.32 bits per heavy atom. The summed E-state index contributed by atoms with van der Waals surface area (Å²) in [7, 11) is 0. The van der Waals surface area contributed by atoms with Crippen LogP contribution in [0.3, 0.4) is 0 Å². The molecule has 0 aliphatic heterocycles. The van der Waals surface area contributed by atoms with E-state index >= 15 is 0 Å². The van der Waals surface area contributed by atoms with E-state index in [0.29, 0.717) is 0 Å². The van der Waals surface area contributed by atoms with E-state index in [1.54, 1.807) is 12.1 Å². The monoisotopic (exact) mass is 293 g/mol. The van der Waals surface area contributed by atoms with Crippen LogP contribution in [0, 0.1) is 0 Å². The van der Waals surface area contributed by atoms with E-state index in [9.17, 15) is 13.6 Å². The van der Waals surface area contributed by atoms with Crippen LogP contribution in [0.5, 0.6) is 0 Å². The molecule has 6 heteroatoms. The minimum atomic E-state index is -3.72. The van der Waals surface area contributed by atoms with Gasteiger partial charge in [0.15, 0.2) is 0 Å². The average molecular weight is 294 g/mol. The Bertz CT molecular complexity index is 410. The topological polar surface area (TPSA) is 52.3 Å². The van der Waals surface area contributed by atoms with Crippen molar-refractivity contribution in [3.05, 3.63) is 35.4 Å². The lowest BCUT2D eigenvalue weighted by Crippen LogP contribution is -2.41. The van der Waals surface area contributed by atoms with Gasteiger partial charge in [0.2, 0.25) is 0 Å². The van der Waals surface area contributed by atoms with E-state index in [1.807, 2.05) is 6.92 Å². The minimum absolute atomic E-state index is 0. The summed E-state index contributed by atoms with van der Waals surface area (Å²) in [5.74, 6) is -5.30. The lowest BCUT2D eigenvalue weighted by atomic mass is 9.99. The normalized spacial score (nSPS) is 12.5. The van der Waals surface area contributed by atoms with Gasteiger partial charge in [0, 0.05) is 0 Å². The highest BCUT2D eigenvalue weighted by Gasteiger charge is 2.47. The highest BCUT2D eigenvalue weighted by Crippen LogP contribution is 2.30. The van der Waals surface area contributed by atoms with Gasteiger partial charge < -0.3 is 10.5 Å². The van der Waals surface area contributed by atoms with Crippen molar-refractivity contribution in [1.82, 2.24) is 0 Å². The summed E-state index contributed by atoms with van der Waals surface area (Å²) in [6.45, 7) is 3.33. The fraction of sp³-hybridized carbons (Fsp3) is 0.462. The number of aryl methyl sites for hydroxylation is 1. The van der Waals surface area contributed by atoms with Gasteiger partial charge in [-0.25, -0.2) is 4.79 Å². The molecule has 0 fully saturated rings. The summed E-state index contributed by atoms with van der Waals surface area (Å²) >= 11 is 0. The molecule has 1 rings (SSSR count). The van der Waals surface area contributed by atoms with E-state index in [4.69, 9.17) is 5.73 Å². The van der Waals surface area contributed by atoms with E-state index < -0.39 is 17.9 Å². The van der Waals surface area contributed by atoms with Crippen molar-refractivity contribution in [2.75, 3.05) is 6.61 Å². The van der Waals surface area contributed by atoms with Crippen molar-refractivity contribution in [3.63, 3.8) is 0 Å². The predicted molar refractivity (Wildman–Crippen MR) is 71.6 cm³/mol. The Balaban J connectivity index is 0.00000324. The lowest BCUT2D eigenvalue weighted by molar-refractivity contribution is -0.174. The minimum Gasteiger partial charge on any atom is -0.462 e. The fourth-order valence-electron chi connectivity index (χ4n) is 1.52. The van der Waals surface area contributed by atoms with Gasteiger partial charge in [-0.3, -0.25) is 0 Å². The van der Waals surface area contributed by atoms with Gasteiger partial charge in [-0.05, 0) is 24.5 Å². The van der Waals surface area contributed by atoms with Crippen molar-refractivity contribution in [2.45, 2.75) is 32.2 Å². The third-order valence-corrected chi connectivity index (χ3v) is 2.69. The third-order valence-electron chi connectivity index (χ3n) is 2.69. The first-order chi connectivity index (χ1) is 8.43. The van der Waals surface area contributed by atoms with Crippen LogP contribution in [0.2, 0.25) is 0 Å². The lowest BCUT2D eigenvalue weighted by Gasteiger charge is -2.22. The van der Waals surface area contributed by atoms with Gasteiger partial charge in [-0.1, -0.05) is 31.2 Å². The maximum Gasteiger partial charge on any atom is 0.379 e. The molecule has 0 saturated carbocycles. The molecule has 0 aromatic heterocycles. The number of carbonyl (C=O) groups excluding carboxylic acids is 1. The molecule has 19 heavy (non-hydrogen) atoms. The first-order valence-electron chi connectivity index (χ1n) is 5.82. The van der Waals surface area contributed by atoms with Crippen molar-refractivity contribution in [1.29, 1.82) is 0 Å². The standard InChI is InChI=1S/C13H17F2NO2.ClH/c1-3-9-5-7-10(8-6-9)11(16)13(14,15)12(17)18-4-2;/h5-8,11H,3-4,16H2,1-2H3;1H/t11-;/m1./s1. The molecular formula is C13H18ClF2NO2. The zero-order chi connectivity index (χ0) is 13.8. The predicted octanol–water partition coefficient (Wildman–Crippen LogP) is 2.87. The summed E-state index contributed by atoms with van der Waals surface area (Å²) in [4.78, 5) is 11.2. The molecular weight excluding hydrogens is 276 g/mol.